The van der Waals surface area contributed by atoms with Crippen molar-refractivity contribution in [3.8, 4) is 0 Å². The van der Waals surface area contributed by atoms with Crippen LogP contribution in [0.4, 0.5) is 5.69 Å². The van der Waals surface area contributed by atoms with Gasteiger partial charge in [-0.1, -0.05) is 30.3 Å². The van der Waals surface area contributed by atoms with Gasteiger partial charge in [-0.05, 0) is 42.7 Å². The summed E-state index contributed by atoms with van der Waals surface area (Å²) in [6.07, 6.45) is 1.72. The van der Waals surface area contributed by atoms with Crippen molar-refractivity contribution in [1.29, 1.82) is 0 Å². The Hall–Kier alpha value is -3.87. The Balaban J connectivity index is 2.02. The van der Waals surface area contributed by atoms with E-state index in [1.165, 1.54) is 19.2 Å². The summed E-state index contributed by atoms with van der Waals surface area (Å²) in [7, 11) is 1.34. The molecule has 1 aliphatic heterocycles. The quantitative estimate of drug-likeness (QED) is 0.342. The van der Waals surface area contributed by atoms with Crippen LogP contribution in [0, 0.1) is 16.0 Å². The number of nitro groups is 1. The van der Waals surface area contributed by atoms with E-state index < -0.39 is 22.7 Å². The number of ether oxygens (including phenoxy) is 1. The molecule has 0 amide bonds. The van der Waals surface area contributed by atoms with Crippen LogP contribution in [0.1, 0.15) is 30.9 Å². The number of fused-ring (bicyclic) bond motifs is 1. The second-order valence-electron chi connectivity index (χ2n) is 7.46. The number of benzene rings is 2. The summed E-state index contributed by atoms with van der Waals surface area (Å²) in [5.74, 6) is -1.62. The van der Waals surface area contributed by atoms with Crippen molar-refractivity contribution in [3.05, 3.63) is 87.7 Å². The van der Waals surface area contributed by atoms with E-state index in [0.29, 0.717) is 11.3 Å². The smallest absolute Gasteiger partial charge is 0.315 e. The Morgan fingerprint density at radius 3 is 2.61 bits per heavy atom. The molecule has 31 heavy (non-hydrogen) atoms. The Bertz CT molecular complexity index is 1260. The minimum Gasteiger partial charge on any atom is -0.468 e. The number of nitrogens with zero attached hydrogens (tertiary/aromatic N) is 3. The molecule has 0 bridgehead atoms. The lowest BCUT2D eigenvalue weighted by Gasteiger charge is -2.33. The van der Waals surface area contributed by atoms with Crippen molar-refractivity contribution in [2.75, 3.05) is 7.11 Å². The number of pyridine rings is 1. The van der Waals surface area contributed by atoms with Crippen molar-refractivity contribution >= 4 is 33.8 Å². The van der Waals surface area contributed by atoms with Crippen molar-refractivity contribution < 1.29 is 14.5 Å². The SMILES string of the molecule is COC(=O)C1C(C)=NC(C)=C(c2ccnc3ccccc23)C1c1cccc([N+](=O)[O-])c1. The van der Waals surface area contributed by atoms with Gasteiger partial charge in [0.05, 0.1) is 17.5 Å². The van der Waals surface area contributed by atoms with Crippen LogP contribution in [-0.4, -0.2) is 28.7 Å². The fourth-order valence-corrected chi connectivity index (χ4v) is 4.34. The third kappa shape index (κ3) is 3.59. The Kier molecular flexibility index (Phi) is 5.33. The summed E-state index contributed by atoms with van der Waals surface area (Å²) >= 11 is 0. The van der Waals surface area contributed by atoms with E-state index >= 15 is 0 Å². The molecule has 7 heteroatoms. The van der Waals surface area contributed by atoms with Gasteiger partial charge in [0.1, 0.15) is 5.92 Å². The molecule has 0 fully saturated rings. The molecule has 0 aliphatic carbocycles. The first-order valence-electron chi connectivity index (χ1n) is 9.84. The van der Waals surface area contributed by atoms with Crippen LogP contribution >= 0.6 is 0 Å². The number of para-hydroxylation sites is 1. The van der Waals surface area contributed by atoms with Gasteiger partial charge in [0.25, 0.3) is 5.69 Å². The number of allylic oxidation sites excluding steroid dienone is 2. The van der Waals surface area contributed by atoms with E-state index in [2.05, 4.69) is 9.98 Å². The summed E-state index contributed by atoms with van der Waals surface area (Å²) in [5.41, 5.74) is 4.55. The fraction of sp³-hybridized carbons (Fsp3) is 0.208. The Labute approximate surface area is 179 Å². The molecule has 2 aromatic carbocycles. The predicted octanol–water partition coefficient (Wildman–Crippen LogP) is 4.92. The molecule has 7 nitrogen and oxygen atoms in total. The zero-order chi connectivity index (χ0) is 22.1. The molecule has 1 aliphatic rings. The van der Waals surface area contributed by atoms with Crippen molar-refractivity contribution in [1.82, 2.24) is 4.98 Å². The molecule has 0 N–H and O–H groups in total. The number of nitro benzene ring substituents is 1. The zero-order valence-corrected chi connectivity index (χ0v) is 17.4. The number of carbonyl (C=O) groups excluding carboxylic acids is 1. The predicted molar refractivity (Wildman–Crippen MR) is 119 cm³/mol. The van der Waals surface area contributed by atoms with Gasteiger partial charge in [-0.15, -0.1) is 0 Å². The topological polar surface area (TPSA) is 94.7 Å². The van der Waals surface area contributed by atoms with Crippen molar-refractivity contribution in [3.63, 3.8) is 0 Å². The largest absolute Gasteiger partial charge is 0.468 e. The minimum absolute atomic E-state index is 0.0297. The summed E-state index contributed by atoms with van der Waals surface area (Å²) in [6.45, 7) is 3.68. The number of esters is 1. The highest BCUT2D eigenvalue weighted by Crippen LogP contribution is 2.46. The summed E-state index contributed by atoms with van der Waals surface area (Å²) in [5, 5.41) is 12.4. The molecule has 2 heterocycles. The second-order valence-corrected chi connectivity index (χ2v) is 7.46. The van der Waals surface area contributed by atoms with Crippen molar-refractivity contribution in [2.24, 2.45) is 10.9 Å². The van der Waals surface area contributed by atoms with E-state index in [0.717, 1.165) is 27.7 Å². The highest BCUT2D eigenvalue weighted by atomic mass is 16.6. The lowest BCUT2D eigenvalue weighted by Crippen LogP contribution is -2.33. The summed E-state index contributed by atoms with van der Waals surface area (Å²) in [6, 6.07) is 16.1. The van der Waals surface area contributed by atoms with Gasteiger partial charge in [-0.3, -0.25) is 24.9 Å². The lowest BCUT2D eigenvalue weighted by molar-refractivity contribution is -0.384. The molecule has 0 spiro atoms. The van der Waals surface area contributed by atoms with Crippen LogP contribution < -0.4 is 0 Å². The van der Waals surface area contributed by atoms with Crippen LogP contribution in [-0.2, 0) is 9.53 Å². The first kappa shape index (κ1) is 20.4. The lowest BCUT2D eigenvalue weighted by atomic mass is 9.73. The van der Waals surface area contributed by atoms with Gasteiger partial charge in [0, 0.05) is 41.0 Å². The van der Waals surface area contributed by atoms with E-state index in [1.807, 2.05) is 43.3 Å². The first-order chi connectivity index (χ1) is 14.9. The third-order valence-corrected chi connectivity index (χ3v) is 5.66. The Morgan fingerprint density at radius 2 is 1.87 bits per heavy atom. The normalized spacial score (nSPS) is 18.6. The summed E-state index contributed by atoms with van der Waals surface area (Å²) in [4.78, 5) is 33.0. The number of aromatic nitrogens is 1. The average Bonchev–Trinajstić information content (AvgIpc) is 2.78. The van der Waals surface area contributed by atoms with Crippen molar-refractivity contribution in [2.45, 2.75) is 19.8 Å². The molecule has 4 rings (SSSR count). The zero-order valence-electron chi connectivity index (χ0n) is 17.4. The molecule has 1 aromatic heterocycles. The molecule has 156 valence electrons. The number of methoxy groups -OCH3 is 1. The molecule has 0 radical (unpaired) electrons. The van der Waals surface area contributed by atoms with E-state index in [9.17, 15) is 14.9 Å². The van der Waals surface area contributed by atoms with Crippen LogP contribution in [0.25, 0.3) is 16.5 Å². The third-order valence-electron chi connectivity index (χ3n) is 5.66. The first-order valence-corrected chi connectivity index (χ1v) is 9.84. The van der Waals surface area contributed by atoms with Crippen LogP contribution in [0.15, 0.2) is 71.5 Å². The van der Waals surface area contributed by atoms with E-state index in [1.54, 1.807) is 19.2 Å². The standard InChI is InChI=1S/C24H21N3O4/c1-14-21(19-11-12-25-20-10-5-4-9-18(19)20)23(22(15(2)26-14)24(28)31-3)16-7-6-8-17(13-16)27(29)30/h4-13,22-23H,1-3H3. The number of hydrogen-bond donors (Lipinski definition) is 0. The van der Waals surface area contributed by atoms with Gasteiger partial charge >= 0.3 is 5.97 Å². The molecular weight excluding hydrogens is 394 g/mol. The molecule has 2 unspecified atom stereocenters. The number of hydrogen-bond acceptors (Lipinski definition) is 6. The fourth-order valence-electron chi connectivity index (χ4n) is 4.34. The molecular formula is C24H21N3O4. The molecule has 2 atom stereocenters. The minimum atomic E-state index is -0.697. The number of carbonyl (C=O) groups is 1. The van der Waals surface area contributed by atoms with Gasteiger partial charge < -0.3 is 4.74 Å². The molecule has 0 saturated heterocycles. The average molecular weight is 415 g/mol. The maximum absolute atomic E-state index is 12.9. The van der Waals surface area contributed by atoms with Gasteiger partial charge in [-0.25, -0.2) is 0 Å². The monoisotopic (exact) mass is 415 g/mol. The van der Waals surface area contributed by atoms with Gasteiger partial charge in [0.15, 0.2) is 0 Å². The van der Waals surface area contributed by atoms with Gasteiger partial charge in [-0.2, -0.15) is 0 Å². The molecule has 3 aromatic rings. The highest BCUT2D eigenvalue weighted by molar-refractivity contribution is 6.08. The van der Waals surface area contributed by atoms with E-state index in [4.69, 9.17) is 4.74 Å². The van der Waals surface area contributed by atoms with Crippen LogP contribution in [0.2, 0.25) is 0 Å². The van der Waals surface area contributed by atoms with Crippen LogP contribution in [0.3, 0.4) is 0 Å². The highest BCUT2D eigenvalue weighted by Gasteiger charge is 2.40. The maximum atomic E-state index is 12.9. The number of aliphatic imine (C=N–C) groups is 1. The second kappa shape index (κ2) is 8.10. The molecule has 0 saturated carbocycles. The maximum Gasteiger partial charge on any atom is 0.315 e. The summed E-state index contributed by atoms with van der Waals surface area (Å²) < 4.78 is 5.11. The number of rotatable bonds is 4. The van der Waals surface area contributed by atoms with Gasteiger partial charge in [0.2, 0.25) is 0 Å². The number of non-ortho nitro benzene ring substituents is 1. The van der Waals surface area contributed by atoms with Crippen LogP contribution in [0.5, 0.6) is 0 Å². The Morgan fingerprint density at radius 1 is 1.10 bits per heavy atom. The van der Waals surface area contributed by atoms with E-state index in [-0.39, 0.29) is 5.69 Å².